The van der Waals surface area contributed by atoms with Crippen LogP contribution in [0.3, 0.4) is 0 Å². The van der Waals surface area contributed by atoms with Crippen LogP contribution in [0, 0.1) is 11.8 Å². The van der Waals surface area contributed by atoms with Crippen LogP contribution in [0.25, 0.3) is 0 Å². The van der Waals surface area contributed by atoms with Crippen molar-refractivity contribution in [2.75, 3.05) is 13.6 Å². The van der Waals surface area contributed by atoms with Crippen molar-refractivity contribution in [2.24, 2.45) is 5.73 Å². The van der Waals surface area contributed by atoms with Crippen LogP contribution in [-0.2, 0) is 0 Å². The Hall–Kier alpha value is -1.86. The largest absolute Gasteiger partial charge is 0.354 e. The Kier molecular flexibility index (Phi) is 3.65. The van der Waals surface area contributed by atoms with Crippen LogP contribution in [0.15, 0.2) is 18.3 Å². The molecule has 1 aromatic heterocycles. The van der Waals surface area contributed by atoms with Gasteiger partial charge >= 0.3 is 0 Å². The van der Waals surface area contributed by atoms with E-state index in [-0.39, 0.29) is 5.91 Å². The number of nitrogens with two attached hydrogens (primary N) is 1. The van der Waals surface area contributed by atoms with E-state index in [1.165, 1.54) is 0 Å². The fourth-order valence-corrected chi connectivity index (χ4v) is 0.883. The lowest BCUT2D eigenvalue weighted by atomic mass is 10.2. The maximum Gasteiger partial charge on any atom is 0.269 e. The molecular formula is C10H11N3O. The molecule has 0 aromatic carbocycles. The van der Waals surface area contributed by atoms with E-state index in [4.69, 9.17) is 5.73 Å². The average Bonchev–Trinajstić information content (AvgIpc) is 2.26. The fourth-order valence-electron chi connectivity index (χ4n) is 0.883. The number of amides is 1. The van der Waals surface area contributed by atoms with Crippen LogP contribution in [0.4, 0.5) is 0 Å². The smallest absolute Gasteiger partial charge is 0.269 e. The van der Waals surface area contributed by atoms with Crippen molar-refractivity contribution in [3.63, 3.8) is 0 Å². The Morgan fingerprint density at radius 1 is 1.64 bits per heavy atom. The van der Waals surface area contributed by atoms with Crippen molar-refractivity contribution in [3.8, 4) is 11.8 Å². The zero-order valence-corrected chi connectivity index (χ0v) is 7.87. The molecule has 1 amide bonds. The molecule has 0 radical (unpaired) electrons. The molecule has 0 aliphatic rings. The van der Waals surface area contributed by atoms with Gasteiger partial charge in [0.15, 0.2) is 0 Å². The Morgan fingerprint density at radius 3 is 2.93 bits per heavy atom. The number of aromatic nitrogens is 1. The van der Waals surface area contributed by atoms with Crippen LogP contribution >= 0.6 is 0 Å². The first-order valence-electron chi connectivity index (χ1n) is 4.15. The third kappa shape index (κ3) is 2.57. The summed E-state index contributed by atoms with van der Waals surface area (Å²) in [5.41, 5.74) is 6.35. The molecule has 1 heterocycles. The number of hydrogen-bond donors (Lipinski definition) is 2. The molecule has 4 heteroatoms. The van der Waals surface area contributed by atoms with Gasteiger partial charge in [-0.15, -0.1) is 0 Å². The molecule has 0 atom stereocenters. The van der Waals surface area contributed by atoms with Gasteiger partial charge in [0.25, 0.3) is 5.91 Å². The highest BCUT2D eigenvalue weighted by atomic mass is 16.1. The number of carbonyl (C=O) groups excluding carboxylic acids is 1. The van der Waals surface area contributed by atoms with Gasteiger partial charge in [0.05, 0.1) is 6.54 Å². The average molecular weight is 189 g/mol. The summed E-state index contributed by atoms with van der Waals surface area (Å²) in [7, 11) is 1.56. The predicted molar refractivity (Wildman–Crippen MR) is 53.6 cm³/mol. The first-order valence-corrected chi connectivity index (χ1v) is 4.15. The van der Waals surface area contributed by atoms with Gasteiger partial charge in [0.1, 0.15) is 5.69 Å². The Bertz CT molecular complexity index is 373. The molecule has 4 nitrogen and oxygen atoms in total. The van der Waals surface area contributed by atoms with E-state index in [9.17, 15) is 4.79 Å². The molecule has 0 aliphatic heterocycles. The summed E-state index contributed by atoms with van der Waals surface area (Å²) >= 11 is 0. The normalized spacial score (nSPS) is 8.71. The minimum absolute atomic E-state index is 0.205. The minimum Gasteiger partial charge on any atom is -0.354 e. The summed E-state index contributed by atoms with van der Waals surface area (Å²) in [5, 5.41) is 2.49. The lowest BCUT2D eigenvalue weighted by Crippen LogP contribution is -2.18. The molecule has 0 saturated carbocycles. The van der Waals surface area contributed by atoms with Crippen molar-refractivity contribution in [3.05, 3.63) is 29.6 Å². The number of nitrogens with one attached hydrogen (secondary N) is 1. The van der Waals surface area contributed by atoms with E-state index >= 15 is 0 Å². The summed E-state index contributed by atoms with van der Waals surface area (Å²) in [6.45, 7) is 0.317. The topological polar surface area (TPSA) is 68.0 Å². The van der Waals surface area contributed by atoms with Crippen molar-refractivity contribution in [1.82, 2.24) is 10.3 Å². The predicted octanol–water partition coefficient (Wildman–Crippen LogP) is -0.249. The molecular weight excluding hydrogens is 178 g/mol. The van der Waals surface area contributed by atoms with Gasteiger partial charge in [0.2, 0.25) is 0 Å². The number of nitrogens with zero attached hydrogens (tertiary/aromatic N) is 1. The molecule has 0 unspecified atom stereocenters. The molecule has 0 bridgehead atoms. The second-order valence-electron chi connectivity index (χ2n) is 2.52. The highest BCUT2D eigenvalue weighted by Gasteiger charge is 2.02. The quantitative estimate of drug-likeness (QED) is 0.599. The zero-order chi connectivity index (χ0) is 10.4. The first-order chi connectivity index (χ1) is 6.77. The Morgan fingerprint density at radius 2 is 2.43 bits per heavy atom. The van der Waals surface area contributed by atoms with Crippen LogP contribution in [0.5, 0.6) is 0 Å². The number of pyridine rings is 1. The standard InChI is InChI=1S/C10H11N3O/c1-12-10(14)9-5-4-8(7-13-9)3-2-6-11/h4-5,7H,6,11H2,1H3,(H,12,14). The Labute approximate surface area is 82.5 Å². The van der Waals surface area contributed by atoms with Crippen molar-refractivity contribution in [1.29, 1.82) is 0 Å². The maximum absolute atomic E-state index is 11.1. The highest BCUT2D eigenvalue weighted by molar-refractivity contribution is 5.91. The third-order valence-electron chi connectivity index (χ3n) is 1.56. The van der Waals surface area contributed by atoms with Gasteiger partial charge in [-0.2, -0.15) is 0 Å². The van der Waals surface area contributed by atoms with Gasteiger partial charge in [-0.25, -0.2) is 4.98 Å². The van der Waals surface area contributed by atoms with E-state index < -0.39 is 0 Å². The molecule has 14 heavy (non-hydrogen) atoms. The SMILES string of the molecule is CNC(=O)c1ccc(C#CCN)cn1. The summed E-state index contributed by atoms with van der Waals surface area (Å²) in [6, 6.07) is 3.36. The van der Waals surface area contributed by atoms with E-state index in [0.29, 0.717) is 12.2 Å². The summed E-state index contributed by atoms with van der Waals surface area (Å²) in [4.78, 5) is 15.1. The van der Waals surface area contributed by atoms with Crippen molar-refractivity contribution in [2.45, 2.75) is 0 Å². The number of hydrogen-bond acceptors (Lipinski definition) is 3. The van der Waals surface area contributed by atoms with Gasteiger partial charge in [-0.05, 0) is 12.1 Å². The summed E-state index contributed by atoms with van der Waals surface area (Å²) in [6.07, 6.45) is 1.55. The number of carbonyl (C=O) groups is 1. The second kappa shape index (κ2) is 5.00. The van der Waals surface area contributed by atoms with Crippen LogP contribution in [-0.4, -0.2) is 24.5 Å². The zero-order valence-electron chi connectivity index (χ0n) is 7.87. The fraction of sp³-hybridized carbons (Fsp3) is 0.200. The van der Waals surface area contributed by atoms with E-state index in [0.717, 1.165) is 5.56 Å². The molecule has 0 fully saturated rings. The molecule has 72 valence electrons. The van der Waals surface area contributed by atoms with Gasteiger partial charge in [-0.3, -0.25) is 4.79 Å². The highest BCUT2D eigenvalue weighted by Crippen LogP contribution is 1.98. The molecule has 0 aliphatic carbocycles. The van der Waals surface area contributed by atoms with Crippen LogP contribution in [0.2, 0.25) is 0 Å². The first kappa shape index (κ1) is 10.2. The lowest BCUT2D eigenvalue weighted by Gasteiger charge is -1.97. The molecule has 0 saturated heterocycles. The van der Waals surface area contributed by atoms with Crippen LogP contribution < -0.4 is 11.1 Å². The van der Waals surface area contributed by atoms with Crippen LogP contribution in [0.1, 0.15) is 16.1 Å². The minimum atomic E-state index is -0.205. The molecule has 1 rings (SSSR count). The van der Waals surface area contributed by atoms with E-state index in [1.54, 1.807) is 25.4 Å². The third-order valence-corrected chi connectivity index (χ3v) is 1.56. The lowest BCUT2D eigenvalue weighted by molar-refractivity contribution is 0.0958. The summed E-state index contributed by atoms with van der Waals surface area (Å²) < 4.78 is 0. The molecule has 0 spiro atoms. The number of rotatable bonds is 1. The monoisotopic (exact) mass is 189 g/mol. The summed E-state index contributed by atoms with van der Waals surface area (Å²) in [5.74, 6) is 5.32. The molecule has 3 N–H and O–H groups in total. The van der Waals surface area contributed by atoms with E-state index in [1.807, 2.05) is 0 Å². The van der Waals surface area contributed by atoms with Gasteiger partial charge in [0, 0.05) is 18.8 Å². The van der Waals surface area contributed by atoms with Gasteiger partial charge in [-0.1, -0.05) is 11.8 Å². The van der Waals surface area contributed by atoms with Gasteiger partial charge < -0.3 is 11.1 Å². The van der Waals surface area contributed by atoms with Crippen molar-refractivity contribution < 1.29 is 4.79 Å². The molecule has 1 aromatic rings. The van der Waals surface area contributed by atoms with E-state index in [2.05, 4.69) is 22.1 Å². The second-order valence-corrected chi connectivity index (χ2v) is 2.52. The Balaban J connectivity index is 2.83. The maximum atomic E-state index is 11.1. The van der Waals surface area contributed by atoms with Crippen molar-refractivity contribution >= 4 is 5.91 Å².